The lowest BCUT2D eigenvalue weighted by Crippen LogP contribution is -2.12. The quantitative estimate of drug-likeness (QED) is 0.758. The van der Waals surface area contributed by atoms with Gasteiger partial charge in [0.1, 0.15) is 11.5 Å². The van der Waals surface area contributed by atoms with Crippen molar-refractivity contribution >= 4 is 33.9 Å². The van der Waals surface area contributed by atoms with Crippen LogP contribution in [0.3, 0.4) is 0 Å². The molecule has 8 heteroatoms. The Hall–Kier alpha value is -3.13. The average molecular weight is 340 g/mol. The van der Waals surface area contributed by atoms with Crippen molar-refractivity contribution in [1.29, 1.82) is 0 Å². The summed E-state index contributed by atoms with van der Waals surface area (Å²) < 4.78 is 10.5. The van der Waals surface area contributed by atoms with Gasteiger partial charge >= 0.3 is 0 Å². The molecule has 3 aromatic rings. The van der Waals surface area contributed by atoms with Gasteiger partial charge in [0, 0.05) is 23.3 Å². The lowest BCUT2D eigenvalue weighted by atomic mass is 10.2. The van der Waals surface area contributed by atoms with E-state index in [0.717, 1.165) is 0 Å². The van der Waals surface area contributed by atoms with Gasteiger partial charge in [-0.15, -0.1) is 11.3 Å². The number of amides is 1. The Labute approximate surface area is 141 Å². The van der Waals surface area contributed by atoms with Gasteiger partial charge in [0.2, 0.25) is 6.79 Å². The molecular weight excluding hydrogens is 328 g/mol. The van der Waals surface area contributed by atoms with Crippen molar-refractivity contribution < 1.29 is 14.3 Å². The molecule has 0 saturated heterocycles. The van der Waals surface area contributed by atoms with Gasteiger partial charge in [-0.05, 0) is 24.3 Å². The highest BCUT2D eigenvalue weighted by Gasteiger charge is 2.16. The third-order valence-electron chi connectivity index (χ3n) is 3.27. The molecule has 0 unspecified atom stereocenters. The number of carbonyl (C=O) groups excluding carboxylic acids is 1. The molecule has 0 saturated carbocycles. The van der Waals surface area contributed by atoms with Crippen molar-refractivity contribution in [1.82, 2.24) is 9.97 Å². The number of benzene rings is 1. The van der Waals surface area contributed by atoms with Gasteiger partial charge in [-0.1, -0.05) is 6.07 Å². The van der Waals surface area contributed by atoms with Gasteiger partial charge in [-0.3, -0.25) is 4.79 Å². The molecule has 0 radical (unpaired) electrons. The molecule has 120 valence electrons. The van der Waals surface area contributed by atoms with Crippen LogP contribution in [-0.2, 0) is 0 Å². The fourth-order valence-electron chi connectivity index (χ4n) is 2.15. The van der Waals surface area contributed by atoms with Crippen LogP contribution >= 0.6 is 11.3 Å². The van der Waals surface area contributed by atoms with Crippen LogP contribution in [0.4, 0.5) is 16.6 Å². The Balaban J connectivity index is 1.45. The normalized spacial score (nSPS) is 12.0. The van der Waals surface area contributed by atoms with E-state index in [2.05, 4.69) is 20.6 Å². The summed E-state index contributed by atoms with van der Waals surface area (Å²) in [5.74, 6) is 1.67. The highest BCUT2D eigenvalue weighted by atomic mass is 32.1. The van der Waals surface area contributed by atoms with E-state index in [1.54, 1.807) is 29.8 Å². The first-order valence-corrected chi connectivity index (χ1v) is 8.00. The fraction of sp³-hybridized carbons (Fsp3) is 0.0625. The molecule has 1 aromatic carbocycles. The summed E-state index contributed by atoms with van der Waals surface area (Å²) in [6.45, 7) is 0.196. The zero-order chi connectivity index (χ0) is 16.4. The van der Waals surface area contributed by atoms with E-state index < -0.39 is 0 Å². The van der Waals surface area contributed by atoms with Gasteiger partial charge in [0.15, 0.2) is 16.6 Å². The first kappa shape index (κ1) is 14.5. The molecule has 3 heterocycles. The summed E-state index contributed by atoms with van der Waals surface area (Å²) in [5, 5.41) is 8.14. The van der Waals surface area contributed by atoms with Crippen molar-refractivity contribution in [2.75, 3.05) is 17.4 Å². The molecule has 7 nitrogen and oxygen atoms in total. The first-order valence-electron chi connectivity index (χ1n) is 7.12. The Bertz CT molecular complexity index is 882. The minimum atomic E-state index is -0.292. The van der Waals surface area contributed by atoms with Gasteiger partial charge in [0.05, 0.1) is 0 Å². The number of hydrogen-bond acceptors (Lipinski definition) is 7. The lowest BCUT2D eigenvalue weighted by molar-refractivity contribution is 0.102. The van der Waals surface area contributed by atoms with E-state index in [0.29, 0.717) is 33.8 Å². The second kappa shape index (κ2) is 6.17. The number of ether oxygens (including phenoxy) is 2. The summed E-state index contributed by atoms with van der Waals surface area (Å²) in [6.07, 6.45) is 1.68. The number of thiazole rings is 1. The Kier molecular flexibility index (Phi) is 3.72. The maximum Gasteiger partial charge on any atom is 0.275 e. The van der Waals surface area contributed by atoms with E-state index in [1.807, 2.05) is 18.2 Å². The second-order valence-corrected chi connectivity index (χ2v) is 5.76. The van der Waals surface area contributed by atoms with Crippen LogP contribution in [0.15, 0.2) is 48.0 Å². The molecular formula is C16H12N4O3S. The van der Waals surface area contributed by atoms with Crippen molar-refractivity contribution in [3.8, 4) is 11.5 Å². The van der Waals surface area contributed by atoms with Crippen molar-refractivity contribution in [3.05, 3.63) is 53.7 Å². The Morgan fingerprint density at radius 2 is 2.08 bits per heavy atom. The van der Waals surface area contributed by atoms with Crippen molar-refractivity contribution in [2.45, 2.75) is 0 Å². The maximum atomic E-state index is 12.3. The minimum absolute atomic E-state index is 0.196. The summed E-state index contributed by atoms with van der Waals surface area (Å²) >= 11 is 1.34. The molecule has 2 N–H and O–H groups in total. The van der Waals surface area contributed by atoms with E-state index in [-0.39, 0.29) is 12.7 Å². The molecule has 4 rings (SSSR count). The second-order valence-electron chi connectivity index (χ2n) is 4.90. The summed E-state index contributed by atoms with van der Waals surface area (Å²) in [5.41, 5.74) is 0.951. The van der Waals surface area contributed by atoms with Gasteiger partial charge < -0.3 is 20.1 Å². The van der Waals surface area contributed by atoms with Crippen molar-refractivity contribution in [2.24, 2.45) is 0 Å². The molecule has 24 heavy (non-hydrogen) atoms. The van der Waals surface area contributed by atoms with E-state index in [9.17, 15) is 4.79 Å². The molecule has 2 aromatic heterocycles. The van der Waals surface area contributed by atoms with Crippen LogP contribution in [-0.4, -0.2) is 22.7 Å². The van der Waals surface area contributed by atoms with Crippen LogP contribution in [0.1, 0.15) is 10.5 Å². The number of rotatable bonds is 4. The van der Waals surface area contributed by atoms with Crippen LogP contribution in [0.2, 0.25) is 0 Å². The van der Waals surface area contributed by atoms with E-state index in [4.69, 9.17) is 9.47 Å². The molecule has 1 aliphatic heterocycles. The highest BCUT2D eigenvalue weighted by Crippen LogP contribution is 2.34. The van der Waals surface area contributed by atoms with Crippen LogP contribution in [0.25, 0.3) is 0 Å². The molecule has 0 spiro atoms. The third kappa shape index (κ3) is 2.99. The largest absolute Gasteiger partial charge is 0.454 e. The van der Waals surface area contributed by atoms with E-state index >= 15 is 0 Å². The molecule has 0 fully saturated rings. The first-order chi connectivity index (χ1) is 11.8. The zero-order valence-electron chi connectivity index (χ0n) is 12.4. The zero-order valence-corrected chi connectivity index (χ0v) is 13.2. The number of nitrogens with zero attached hydrogens (tertiary/aromatic N) is 2. The van der Waals surface area contributed by atoms with Crippen LogP contribution < -0.4 is 20.1 Å². The number of pyridine rings is 1. The number of anilines is 3. The fourth-order valence-corrected chi connectivity index (χ4v) is 2.85. The summed E-state index contributed by atoms with van der Waals surface area (Å²) in [6, 6.07) is 10.8. The standard InChI is InChI=1S/C16H12N4O3S/c21-15(18-10-4-5-12-13(7-10)23-9-22-12)11-8-24-16(19-11)20-14-3-1-2-6-17-14/h1-8H,9H2,(H,18,21)(H,17,19,20). The number of carbonyl (C=O) groups is 1. The van der Waals surface area contributed by atoms with E-state index in [1.165, 1.54) is 11.3 Å². The molecule has 0 atom stereocenters. The molecule has 0 bridgehead atoms. The lowest BCUT2D eigenvalue weighted by Gasteiger charge is -2.04. The maximum absolute atomic E-state index is 12.3. The minimum Gasteiger partial charge on any atom is -0.454 e. The topological polar surface area (TPSA) is 85.4 Å². The monoisotopic (exact) mass is 340 g/mol. The average Bonchev–Trinajstić information content (AvgIpc) is 3.24. The van der Waals surface area contributed by atoms with Crippen molar-refractivity contribution in [3.63, 3.8) is 0 Å². The number of aromatic nitrogens is 2. The van der Waals surface area contributed by atoms with Crippen LogP contribution in [0, 0.1) is 0 Å². The van der Waals surface area contributed by atoms with Crippen LogP contribution in [0.5, 0.6) is 11.5 Å². The SMILES string of the molecule is O=C(Nc1ccc2c(c1)OCO2)c1csc(Nc2ccccn2)n1. The molecule has 1 aliphatic rings. The molecule has 0 aliphatic carbocycles. The smallest absolute Gasteiger partial charge is 0.275 e. The number of nitrogens with one attached hydrogen (secondary N) is 2. The third-order valence-corrected chi connectivity index (χ3v) is 4.02. The Morgan fingerprint density at radius 1 is 1.17 bits per heavy atom. The van der Waals surface area contributed by atoms with Gasteiger partial charge in [0.25, 0.3) is 5.91 Å². The predicted octanol–water partition coefficient (Wildman–Crippen LogP) is 3.26. The highest BCUT2D eigenvalue weighted by molar-refractivity contribution is 7.14. The summed E-state index contributed by atoms with van der Waals surface area (Å²) in [4.78, 5) is 20.7. The number of hydrogen-bond donors (Lipinski definition) is 2. The summed E-state index contributed by atoms with van der Waals surface area (Å²) in [7, 11) is 0. The number of fused-ring (bicyclic) bond motifs is 1. The Morgan fingerprint density at radius 3 is 2.96 bits per heavy atom. The molecule has 1 amide bonds. The predicted molar refractivity (Wildman–Crippen MR) is 90.2 cm³/mol. The van der Waals surface area contributed by atoms with Gasteiger partial charge in [-0.25, -0.2) is 9.97 Å². The van der Waals surface area contributed by atoms with Gasteiger partial charge in [-0.2, -0.15) is 0 Å².